The maximum atomic E-state index is 12.1. The molecule has 0 fully saturated rings. The zero-order valence-electron chi connectivity index (χ0n) is 14.1. The second kappa shape index (κ2) is 8.80. The summed E-state index contributed by atoms with van der Waals surface area (Å²) in [5, 5.41) is 4.07. The third-order valence-corrected chi connectivity index (χ3v) is 3.90. The Morgan fingerprint density at radius 1 is 1.19 bits per heavy atom. The summed E-state index contributed by atoms with van der Waals surface area (Å²) in [4.78, 5) is 10.8. The van der Waals surface area contributed by atoms with E-state index in [9.17, 15) is 18.0 Å². The molecule has 2 aromatic carbocycles. The molecular weight excluding hydrogens is 363 g/mol. The lowest BCUT2D eigenvalue weighted by Gasteiger charge is -2.13. The van der Waals surface area contributed by atoms with Crippen molar-refractivity contribution < 1.29 is 22.7 Å². The molecule has 2 rings (SSSR count). The Hall–Kier alpha value is -2.41. The van der Waals surface area contributed by atoms with Crippen LogP contribution in [-0.2, 0) is 9.53 Å². The van der Waals surface area contributed by atoms with Crippen LogP contribution >= 0.6 is 12.2 Å². The van der Waals surface area contributed by atoms with Gasteiger partial charge in [-0.1, -0.05) is 49.4 Å². The molecule has 1 amide bonds. The number of carbonyl (C=O) groups is 1. The summed E-state index contributed by atoms with van der Waals surface area (Å²) in [6.07, 6.45) is -2.28. The molecule has 7 heteroatoms. The molecule has 0 unspecified atom stereocenters. The third-order valence-electron chi connectivity index (χ3n) is 3.57. The molecule has 0 bridgehead atoms. The van der Waals surface area contributed by atoms with Gasteiger partial charge < -0.3 is 10.1 Å². The number of halogens is 3. The Kier molecular flexibility index (Phi) is 6.74. The van der Waals surface area contributed by atoms with Crippen molar-refractivity contribution in [2.75, 3.05) is 13.2 Å². The second-order valence-corrected chi connectivity index (χ2v) is 5.85. The molecule has 0 aliphatic rings. The number of ether oxygens (including phenoxy) is 1. The topological polar surface area (TPSA) is 38.3 Å². The summed E-state index contributed by atoms with van der Waals surface area (Å²) < 4.78 is 41.7. The van der Waals surface area contributed by atoms with Crippen molar-refractivity contribution in [2.24, 2.45) is 0 Å². The van der Waals surface area contributed by atoms with Crippen molar-refractivity contribution >= 4 is 39.5 Å². The van der Waals surface area contributed by atoms with Crippen LogP contribution in [-0.4, -0.2) is 30.3 Å². The van der Waals surface area contributed by atoms with Crippen LogP contribution in [0.1, 0.15) is 18.9 Å². The van der Waals surface area contributed by atoms with E-state index in [1.54, 1.807) is 5.32 Å². The average Bonchev–Trinajstić information content (AvgIpc) is 2.61. The van der Waals surface area contributed by atoms with Gasteiger partial charge in [0.05, 0.1) is 6.54 Å². The zero-order valence-corrected chi connectivity index (χ0v) is 14.9. The van der Waals surface area contributed by atoms with E-state index in [2.05, 4.69) is 0 Å². The highest BCUT2D eigenvalue weighted by molar-refractivity contribution is 7.81. The minimum absolute atomic E-state index is 0.144. The lowest BCUT2D eigenvalue weighted by molar-refractivity contribution is -0.173. The molecule has 0 spiro atoms. The van der Waals surface area contributed by atoms with Crippen LogP contribution < -0.4 is 5.32 Å². The molecule has 0 radical (unpaired) electrons. The predicted molar refractivity (Wildman–Crippen MR) is 99.8 cm³/mol. The van der Waals surface area contributed by atoms with E-state index in [0.717, 1.165) is 22.8 Å². The van der Waals surface area contributed by atoms with Crippen LogP contribution in [0.2, 0.25) is 0 Å². The molecule has 26 heavy (non-hydrogen) atoms. The highest BCUT2D eigenvalue weighted by atomic mass is 32.1. The second-order valence-electron chi connectivity index (χ2n) is 5.48. The van der Waals surface area contributed by atoms with E-state index in [4.69, 9.17) is 17.0 Å². The maximum Gasteiger partial charge on any atom is 0.471 e. The quantitative estimate of drug-likeness (QED) is 0.449. The number of nitrogens with one attached hydrogen (secondary N) is 1. The van der Waals surface area contributed by atoms with Crippen LogP contribution in [0.4, 0.5) is 13.2 Å². The number of thiocarbonyl (C=S) groups is 1. The number of carbonyl (C=O) groups excluding carboxylic acids is 1. The molecule has 0 heterocycles. The van der Waals surface area contributed by atoms with Crippen LogP contribution in [0, 0.1) is 0 Å². The van der Waals surface area contributed by atoms with Gasteiger partial charge in [-0.25, -0.2) is 0 Å². The first-order valence-electron chi connectivity index (χ1n) is 8.04. The highest BCUT2D eigenvalue weighted by Gasteiger charge is 2.38. The minimum Gasteiger partial charge on any atom is -0.481 e. The monoisotopic (exact) mass is 381 g/mol. The van der Waals surface area contributed by atoms with Gasteiger partial charge >= 0.3 is 12.1 Å². The Morgan fingerprint density at radius 2 is 1.88 bits per heavy atom. The summed E-state index contributed by atoms with van der Waals surface area (Å²) >= 11 is 5.27. The van der Waals surface area contributed by atoms with E-state index in [-0.39, 0.29) is 18.2 Å². The maximum absolute atomic E-state index is 12.1. The van der Waals surface area contributed by atoms with E-state index in [1.165, 1.54) is 0 Å². The molecule has 0 atom stereocenters. The predicted octanol–water partition coefficient (Wildman–Crippen LogP) is 4.66. The number of allylic oxidation sites excluding steroid dienone is 1. The first kappa shape index (κ1) is 19.9. The van der Waals surface area contributed by atoms with E-state index >= 15 is 0 Å². The number of rotatable bonds is 6. The lowest BCUT2D eigenvalue weighted by atomic mass is 10.0. The minimum atomic E-state index is -4.90. The van der Waals surface area contributed by atoms with E-state index < -0.39 is 12.1 Å². The summed E-state index contributed by atoms with van der Waals surface area (Å²) in [5.74, 6) is -1.99. The van der Waals surface area contributed by atoms with Crippen molar-refractivity contribution in [2.45, 2.75) is 19.5 Å². The molecule has 2 aromatic rings. The van der Waals surface area contributed by atoms with Crippen molar-refractivity contribution in [3.63, 3.8) is 0 Å². The first-order valence-corrected chi connectivity index (χ1v) is 8.45. The van der Waals surface area contributed by atoms with E-state index in [1.807, 2.05) is 55.5 Å². The summed E-state index contributed by atoms with van der Waals surface area (Å²) in [7, 11) is 0. The average molecular weight is 381 g/mol. The van der Waals surface area contributed by atoms with Crippen molar-refractivity contribution in [3.05, 3.63) is 54.1 Å². The van der Waals surface area contributed by atoms with Gasteiger partial charge in [-0.2, -0.15) is 13.2 Å². The molecule has 0 saturated carbocycles. The fourth-order valence-electron chi connectivity index (χ4n) is 2.37. The van der Waals surface area contributed by atoms with Crippen molar-refractivity contribution in [1.82, 2.24) is 5.32 Å². The number of benzene rings is 2. The Labute approximate surface area is 154 Å². The SMILES string of the molecule is CCC=C(C(=S)OCCNC(=O)C(F)(F)F)c1ccc2ccccc2c1. The molecule has 138 valence electrons. The van der Waals surface area contributed by atoms with E-state index in [0.29, 0.717) is 5.57 Å². The van der Waals surface area contributed by atoms with Crippen molar-refractivity contribution in [3.8, 4) is 0 Å². The van der Waals surface area contributed by atoms with Gasteiger partial charge in [0.15, 0.2) is 5.05 Å². The summed E-state index contributed by atoms with van der Waals surface area (Å²) in [5.41, 5.74) is 1.57. The normalized spacial score (nSPS) is 12.1. The highest BCUT2D eigenvalue weighted by Crippen LogP contribution is 2.23. The van der Waals surface area contributed by atoms with Gasteiger partial charge in [0.2, 0.25) is 0 Å². The molecule has 0 aliphatic carbocycles. The Bertz CT molecular complexity index is 831. The van der Waals surface area contributed by atoms with Crippen LogP contribution in [0.15, 0.2) is 48.5 Å². The molecular formula is C19H18F3NO2S. The molecule has 0 aliphatic heterocycles. The number of fused-ring (bicyclic) bond motifs is 1. The first-order chi connectivity index (χ1) is 12.3. The molecule has 0 aromatic heterocycles. The van der Waals surface area contributed by atoms with Gasteiger partial charge in [0.25, 0.3) is 0 Å². The number of alkyl halides is 3. The van der Waals surface area contributed by atoms with Crippen LogP contribution in [0.5, 0.6) is 0 Å². The number of hydrogen-bond acceptors (Lipinski definition) is 3. The standard InChI is InChI=1S/C19H18F3NO2S/c1-2-5-16(15-9-8-13-6-3-4-7-14(13)12-15)17(26)25-11-10-23-18(24)19(20,21)22/h3-9,12H,2,10-11H2,1H3,(H,23,24). The van der Waals surface area contributed by atoms with Crippen molar-refractivity contribution in [1.29, 1.82) is 0 Å². The Morgan fingerprint density at radius 3 is 2.54 bits per heavy atom. The van der Waals surface area contributed by atoms with Gasteiger partial charge in [-0.3, -0.25) is 4.79 Å². The molecule has 1 N–H and O–H groups in total. The fourth-order valence-corrected chi connectivity index (χ4v) is 2.65. The lowest BCUT2D eigenvalue weighted by Crippen LogP contribution is -2.38. The fraction of sp³-hybridized carbons (Fsp3) is 0.263. The summed E-state index contributed by atoms with van der Waals surface area (Å²) in [6, 6.07) is 13.8. The number of hydrogen-bond donors (Lipinski definition) is 1. The zero-order chi connectivity index (χ0) is 19.2. The third kappa shape index (κ3) is 5.29. The molecule has 3 nitrogen and oxygen atoms in total. The van der Waals surface area contributed by atoms with Gasteiger partial charge in [0.1, 0.15) is 6.61 Å². The molecule has 0 saturated heterocycles. The van der Waals surface area contributed by atoms with Gasteiger partial charge in [-0.05, 0) is 41.0 Å². The number of amides is 1. The van der Waals surface area contributed by atoms with Gasteiger partial charge in [-0.15, -0.1) is 0 Å². The Balaban J connectivity index is 2.03. The largest absolute Gasteiger partial charge is 0.481 e. The van der Waals surface area contributed by atoms with Crippen LogP contribution in [0.25, 0.3) is 16.3 Å². The van der Waals surface area contributed by atoms with Crippen LogP contribution in [0.3, 0.4) is 0 Å². The smallest absolute Gasteiger partial charge is 0.471 e. The summed E-state index contributed by atoms with van der Waals surface area (Å²) in [6.45, 7) is 1.53. The van der Waals surface area contributed by atoms with Gasteiger partial charge in [0, 0.05) is 5.57 Å².